The first-order chi connectivity index (χ1) is 8.63. The molecule has 0 spiro atoms. The van der Waals surface area contributed by atoms with Crippen LogP contribution in [0.3, 0.4) is 0 Å². The second kappa shape index (κ2) is 5.27. The van der Waals surface area contributed by atoms with Crippen molar-refractivity contribution in [1.29, 1.82) is 0 Å². The average Bonchev–Trinajstić information content (AvgIpc) is 2.32. The lowest BCUT2D eigenvalue weighted by atomic mass is 9.89. The van der Waals surface area contributed by atoms with Gasteiger partial charge in [-0.15, -0.1) is 0 Å². The fraction of sp³-hybridized carbons (Fsp3) is 0.462. The summed E-state index contributed by atoms with van der Waals surface area (Å²) in [5.74, 6) is 0.177. The molecular formula is C13H17NO4. The summed E-state index contributed by atoms with van der Waals surface area (Å²) in [6.07, 6.45) is 1.87. The number of rotatable bonds is 4. The van der Waals surface area contributed by atoms with Gasteiger partial charge in [0.05, 0.1) is 18.8 Å². The van der Waals surface area contributed by atoms with Crippen LogP contribution >= 0.6 is 0 Å². The molecule has 0 unspecified atom stereocenters. The van der Waals surface area contributed by atoms with Gasteiger partial charge in [-0.05, 0) is 25.0 Å². The second-order valence-electron chi connectivity index (χ2n) is 4.38. The number of amides is 1. The second-order valence-corrected chi connectivity index (χ2v) is 4.38. The van der Waals surface area contributed by atoms with Gasteiger partial charge in [0.2, 0.25) is 0 Å². The number of methoxy groups -OCH3 is 2. The van der Waals surface area contributed by atoms with Crippen molar-refractivity contribution in [1.82, 2.24) is 5.32 Å². The standard InChI is InChI=1S/C13H17NO4/c1-17-9-3-4-11(12(15)7-9)13(16)14-8-5-10(6-8)18-2/h3-4,7-8,10,15H,5-6H2,1-2H3,(H,14,16). The van der Waals surface area contributed by atoms with Gasteiger partial charge in [-0.3, -0.25) is 4.79 Å². The molecule has 0 radical (unpaired) electrons. The Morgan fingerprint density at radius 3 is 2.67 bits per heavy atom. The summed E-state index contributed by atoms with van der Waals surface area (Å²) in [7, 11) is 3.17. The molecule has 0 heterocycles. The Hall–Kier alpha value is -1.75. The molecule has 1 saturated carbocycles. The number of nitrogens with one attached hydrogen (secondary N) is 1. The lowest BCUT2D eigenvalue weighted by Crippen LogP contribution is -2.47. The molecule has 5 heteroatoms. The summed E-state index contributed by atoms with van der Waals surface area (Å²) in [6.45, 7) is 0. The molecule has 1 aliphatic carbocycles. The Labute approximate surface area is 106 Å². The zero-order valence-corrected chi connectivity index (χ0v) is 10.5. The number of carbonyl (C=O) groups excluding carboxylic acids is 1. The van der Waals surface area contributed by atoms with Crippen molar-refractivity contribution < 1.29 is 19.4 Å². The van der Waals surface area contributed by atoms with Gasteiger partial charge in [-0.2, -0.15) is 0 Å². The van der Waals surface area contributed by atoms with E-state index in [-0.39, 0.29) is 29.4 Å². The van der Waals surface area contributed by atoms with E-state index in [2.05, 4.69) is 5.32 Å². The molecule has 18 heavy (non-hydrogen) atoms. The van der Waals surface area contributed by atoms with Crippen molar-refractivity contribution in [3.05, 3.63) is 23.8 Å². The Bertz CT molecular complexity index is 441. The van der Waals surface area contributed by atoms with Crippen LogP contribution in [0.1, 0.15) is 23.2 Å². The largest absolute Gasteiger partial charge is 0.507 e. The quantitative estimate of drug-likeness (QED) is 0.846. The zero-order chi connectivity index (χ0) is 13.1. The van der Waals surface area contributed by atoms with E-state index in [1.54, 1.807) is 19.2 Å². The third-order valence-corrected chi connectivity index (χ3v) is 3.21. The van der Waals surface area contributed by atoms with Gasteiger partial charge in [-0.25, -0.2) is 0 Å². The zero-order valence-electron chi connectivity index (χ0n) is 10.5. The molecule has 1 fully saturated rings. The first-order valence-electron chi connectivity index (χ1n) is 5.84. The SMILES string of the molecule is COc1ccc(C(=O)NC2CC(OC)C2)c(O)c1. The van der Waals surface area contributed by atoms with Crippen LogP contribution in [-0.2, 0) is 4.74 Å². The van der Waals surface area contributed by atoms with Crippen molar-refractivity contribution in [2.75, 3.05) is 14.2 Å². The van der Waals surface area contributed by atoms with Crippen LogP contribution < -0.4 is 10.1 Å². The molecule has 0 atom stereocenters. The van der Waals surface area contributed by atoms with Crippen molar-refractivity contribution in [2.45, 2.75) is 25.0 Å². The van der Waals surface area contributed by atoms with Gasteiger partial charge in [-0.1, -0.05) is 0 Å². The smallest absolute Gasteiger partial charge is 0.255 e. The number of benzene rings is 1. The fourth-order valence-corrected chi connectivity index (χ4v) is 1.97. The number of ether oxygens (including phenoxy) is 2. The minimum atomic E-state index is -0.269. The number of hydrogen-bond acceptors (Lipinski definition) is 4. The van der Waals surface area contributed by atoms with Gasteiger partial charge in [0, 0.05) is 19.2 Å². The lowest BCUT2D eigenvalue weighted by Gasteiger charge is -2.34. The predicted molar refractivity (Wildman–Crippen MR) is 65.9 cm³/mol. The fourth-order valence-electron chi connectivity index (χ4n) is 1.97. The molecule has 1 amide bonds. The van der Waals surface area contributed by atoms with E-state index in [1.807, 2.05) is 0 Å². The summed E-state index contributed by atoms with van der Waals surface area (Å²) < 4.78 is 10.1. The highest BCUT2D eigenvalue weighted by Crippen LogP contribution is 2.26. The van der Waals surface area contributed by atoms with E-state index in [4.69, 9.17) is 9.47 Å². The minimum absolute atomic E-state index is 0.0746. The summed E-state index contributed by atoms with van der Waals surface area (Å²) in [5, 5.41) is 12.6. The van der Waals surface area contributed by atoms with Crippen LogP contribution in [0.2, 0.25) is 0 Å². The van der Waals surface area contributed by atoms with E-state index < -0.39 is 0 Å². The van der Waals surface area contributed by atoms with Gasteiger partial charge >= 0.3 is 0 Å². The summed E-state index contributed by atoms with van der Waals surface area (Å²) in [5.41, 5.74) is 0.261. The predicted octanol–water partition coefficient (Wildman–Crippen LogP) is 1.31. The summed E-state index contributed by atoms with van der Waals surface area (Å²) in [4.78, 5) is 11.9. The molecule has 5 nitrogen and oxygen atoms in total. The summed E-state index contributed by atoms with van der Waals surface area (Å²) in [6, 6.07) is 4.75. The van der Waals surface area contributed by atoms with Crippen LogP contribution in [0.4, 0.5) is 0 Å². The normalized spacial score (nSPS) is 22.1. The van der Waals surface area contributed by atoms with Crippen molar-refractivity contribution >= 4 is 5.91 Å². The monoisotopic (exact) mass is 251 g/mol. The molecule has 0 bridgehead atoms. The van der Waals surface area contributed by atoms with Crippen molar-refractivity contribution in [3.8, 4) is 11.5 Å². The molecule has 1 aliphatic rings. The van der Waals surface area contributed by atoms with Crippen LogP contribution in [0.15, 0.2) is 18.2 Å². The van der Waals surface area contributed by atoms with Crippen molar-refractivity contribution in [3.63, 3.8) is 0 Å². The molecule has 1 aromatic rings. The van der Waals surface area contributed by atoms with E-state index in [1.165, 1.54) is 13.2 Å². The molecule has 0 aliphatic heterocycles. The van der Waals surface area contributed by atoms with Gasteiger partial charge in [0.1, 0.15) is 11.5 Å². The highest BCUT2D eigenvalue weighted by Gasteiger charge is 2.30. The number of carbonyl (C=O) groups is 1. The highest BCUT2D eigenvalue weighted by atomic mass is 16.5. The van der Waals surface area contributed by atoms with E-state index in [9.17, 15) is 9.90 Å². The maximum atomic E-state index is 11.9. The maximum Gasteiger partial charge on any atom is 0.255 e. The summed E-state index contributed by atoms with van der Waals surface area (Å²) >= 11 is 0. The topological polar surface area (TPSA) is 67.8 Å². The molecule has 0 aromatic heterocycles. The Morgan fingerprint density at radius 1 is 1.39 bits per heavy atom. The average molecular weight is 251 g/mol. The lowest BCUT2D eigenvalue weighted by molar-refractivity contribution is 0.0176. The van der Waals surface area contributed by atoms with E-state index in [0.717, 1.165) is 12.8 Å². The van der Waals surface area contributed by atoms with Crippen LogP contribution in [-0.4, -0.2) is 37.4 Å². The Kier molecular flexibility index (Phi) is 3.72. The van der Waals surface area contributed by atoms with Crippen LogP contribution in [0.25, 0.3) is 0 Å². The highest BCUT2D eigenvalue weighted by molar-refractivity contribution is 5.97. The number of phenols is 1. The molecule has 98 valence electrons. The molecule has 2 rings (SSSR count). The maximum absolute atomic E-state index is 11.9. The van der Waals surface area contributed by atoms with Crippen LogP contribution in [0.5, 0.6) is 11.5 Å². The van der Waals surface area contributed by atoms with Gasteiger partial charge in [0.25, 0.3) is 5.91 Å². The Balaban J connectivity index is 1.97. The third kappa shape index (κ3) is 2.56. The van der Waals surface area contributed by atoms with Gasteiger partial charge in [0.15, 0.2) is 0 Å². The first kappa shape index (κ1) is 12.7. The molecule has 2 N–H and O–H groups in total. The molecular weight excluding hydrogens is 234 g/mol. The Morgan fingerprint density at radius 2 is 2.11 bits per heavy atom. The van der Waals surface area contributed by atoms with Crippen molar-refractivity contribution in [2.24, 2.45) is 0 Å². The van der Waals surface area contributed by atoms with E-state index in [0.29, 0.717) is 5.75 Å². The first-order valence-corrected chi connectivity index (χ1v) is 5.84. The van der Waals surface area contributed by atoms with Crippen LogP contribution in [0, 0.1) is 0 Å². The van der Waals surface area contributed by atoms with E-state index >= 15 is 0 Å². The number of aromatic hydroxyl groups is 1. The number of hydrogen-bond donors (Lipinski definition) is 2. The third-order valence-electron chi connectivity index (χ3n) is 3.21. The minimum Gasteiger partial charge on any atom is -0.507 e. The molecule has 0 saturated heterocycles. The van der Waals surface area contributed by atoms with Gasteiger partial charge < -0.3 is 19.9 Å². The number of phenolic OH excluding ortho intramolecular Hbond substituents is 1. The molecule has 1 aromatic carbocycles.